The monoisotopic (exact) mass is 267 g/mol. The summed E-state index contributed by atoms with van der Waals surface area (Å²) in [6.45, 7) is 3.83. The van der Waals surface area contributed by atoms with E-state index in [9.17, 15) is 4.79 Å². The van der Waals surface area contributed by atoms with Crippen molar-refractivity contribution >= 4 is 11.6 Å². The Morgan fingerprint density at radius 1 is 1.20 bits per heavy atom. The number of carboxylic acid groups (broad SMARTS) is 1. The van der Waals surface area contributed by atoms with Crippen LogP contribution in [0.4, 0.5) is 0 Å². The first-order valence-corrected chi connectivity index (χ1v) is 6.22. The topological polar surface area (TPSA) is 67.5 Å². The van der Waals surface area contributed by atoms with Gasteiger partial charge in [-0.15, -0.1) is 0 Å². The van der Waals surface area contributed by atoms with Crippen molar-refractivity contribution in [2.45, 2.75) is 13.8 Å². The first-order valence-electron chi connectivity index (χ1n) is 6.22. The Hall–Kier alpha value is -2.69. The summed E-state index contributed by atoms with van der Waals surface area (Å²) in [6, 6.07) is 11.3. The summed E-state index contributed by atoms with van der Waals surface area (Å²) >= 11 is 0. The number of fused-ring (bicyclic) bond motifs is 1. The van der Waals surface area contributed by atoms with Crippen molar-refractivity contribution in [1.82, 2.24) is 14.6 Å². The molecule has 1 N–H and O–H groups in total. The van der Waals surface area contributed by atoms with Crippen LogP contribution in [0.1, 0.15) is 21.7 Å². The van der Waals surface area contributed by atoms with Crippen LogP contribution in [0.2, 0.25) is 0 Å². The Morgan fingerprint density at radius 3 is 2.70 bits per heavy atom. The van der Waals surface area contributed by atoms with Gasteiger partial charge in [-0.25, -0.2) is 14.3 Å². The number of aromatic nitrogens is 3. The molecule has 0 bridgehead atoms. The smallest absolute Gasteiger partial charge is 0.354 e. The second kappa shape index (κ2) is 4.45. The Labute approximate surface area is 115 Å². The molecule has 0 amide bonds. The molecule has 0 saturated heterocycles. The highest BCUT2D eigenvalue weighted by Gasteiger charge is 2.12. The number of rotatable bonds is 2. The lowest BCUT2D eigenvalue weighted by Gasteiger charge is -2.00. The van der Waals surface area contributed by atoms with Crippen LogP contribution in [0.15, 0.2) is 36.4 Å². The predicted octanol–water partition coefficient (Wildman–Crippen LogP) is 2.71. The molecule has 0 aliphatic carbocycles. The third kappa shape index (κ3) is 2.03. The van der Waals surface area contributed by atoms with E-state index in [1.807, 2.05) is 38.1 Å². The van der Waals surface area contributed by atoms with E-state index < -0.39 is 5.97 Å². The molecule has 0 saturated carbocycles. The minimum Gasteiger partial charge on any atom is -0.477 e. The molecule has 0 fully saturated rings. The molecule has 1 aromatic carbocycles. The van der Waals surface area contributed by atoms with Gasteiger partial charge in [-0.1, -0.05) is 23.8 Å². The van der Waals surface area contributed by atoms with E-state index in [4.69, 9.17) is 5.11 Å². The van der Waals surface area contributed by atoms with E-state index in [-0.39, 0.29) is 5.69 Å². The van der Waals surface area contributed by atoms with Gasteiger partial charge in [0.25, 0.3) is 0 Å². The summed E-state index contributed by atoms with van der Waals surface area (Å²) in [5, 5.41) is 13.5. The van der Waals surface area contributed by atoms with Crippen LogP contribution in [0, 0.1) is 13.8 Å². The number of hydrogen-bond acceptors (Lipinski definition) is 3. The lowest BCUT2D eigenvalue weighted by Crippen LogP contribution is -2.05. The molecule has 0 unspecified atom stereocenters. The van der Waals surface area contributed by atoms with Crippen molar-refractivity contribution in [1.29, 1.82) is 0 Å². The van der Waals surface area contributed by atoms with Crippen LogP contribution >= 0.6 is 0 Å². The molecule has 3 rings (SSSR count). The number of aromatic carboxylic acids is 1. The average molecular weight is 267 g/mol. The Morgan fingerprint density at radius 2 is 2.00 bits per heavy atom. The van der Waals surface area contributed by atoms with Gasteiger partial charge >= 0.3 is 5.97 Å². The quantitative estimate of drug-likeness (QED) is 0.775. The zero-order valence-corrected chi connectivity index (χ0v) is 11.2. The summed E-state index contributed by atoms with van der Waals surface area (Å²) in [5.74, 6) is -1.03. The maximum atomic E-state index is 11.0. The van der Waals surface area contributed by atoms with Gasteiger partial charge in [-0.05, 0) is 26.0 Å². The highest BCUT2D eigenvalue weighted by molar-refractivity contribution is 5.86. The molecule has 5 nitrogen and oxygen atoms in total. The third-order valence-corrected chi connectivity index (χ3v) is 3.14. The summed E-state index contributed by atoms with van der Waals surface area (Å²) < 4.78 is 1.66. The first kappa shape index (κ1) is 12.3. The number of aryl methyl sites for hydroxylation is 2. The zero-order chi connectivity index (χ0) is 14.3. The predicted molar refractivity (Wildman–Crippen MR) is 74.9 cm³/mol. The SMILES string of the molecule is Cc1cccc(-c2cc3nc(C(=O)O)cc(C)n3n2)c1. The van der Waals surface area contributed by atoms with Crippen molar-refractivity contribution in [3.63, 3.8) is 0 Å². The van der Waals surface area contributed by atoms with Crippen molar-refractivity contribution in [2.24, 2.45) is 0 Å². The number of carboxylic acids is 1. The van der Waals surface area contributed by atoms with Gasteiger partial charge in [-0.3, -0.25) is 0 Å². The molecule has 2 aromatic heterocycles. The lowest BCUT2D eigenvalue weighted by molar-refractivity contribution is 0.0690. The molecule has 100 valence electrons. The minimum atomic E-state index is -1.03. The summed E-state index contributed by atoms with van der Waals surface area (Å²) in [7, 11) is 0. The molecule has 0 aliphatic heterocycles. The Bertz CT molecular complexity index is 821. The van der Waals surface area contributed by atoms with E-state index in [0.29, 0.717) is 5.65 Å². The van der Waals surface area contributed by atoms with Gasteiger partial charge in [-0.2, -0.15) is 5.10 Å². The number of nitrogens with zero attached hydrogens (tertiary/aromatic N) is 3. The van der Waals surface area contributed by atoms with E-state index in [1.54, 1.807) is 10.6 Å². The highest BCUT2D eigenvalue weighted by Crippen LogP contribution is 2.21. The normalized spacial score (nSPS) is 10.9. The second-order valence-electron chi connectivity index (χ2n) is 4.76. The van der Waals surface area contributed by atoms with Crippen LogP contribution in [0.25, 0.3) is 16.9 Å². The van der Waals surface area contributed by atoms with Crippen molar-refractivity contribution < 1.29 is 9.90 Å². The van der Waals surface area contributed by atoms with Gasteiger partial charge in [0.2, 0.25) is 0 Å². The summed E-state index contributed by atoms with van der Waals surface area (Å²) in [5.41, 5.74) is 4.24. The summed E-state index contributed by atoms with van der Waals surface area (Å²) in [4.78, 5) is 15.1. The highest BCUT2D eigenvalue weighted by atomic mass is 16.4. The van der Waals surface area contributed by atoms with Gasteiger partial charge in [0, 0.05) is 17.3 Å². The van der Waals surface area contributed by atoms with Crippen LogP contribution in [0.3, 0.4) is 0 Å². The first-order chi connectivity index (χ1) is 9.54. The number of benzene rings is 1. The summed E-state index contributed by atoms with van der Waals surface area (Å²) in [6.07, 6.45) is 0. The van der Waals surface area contributed by atoms with Crippen LogP contribution in [0.5, 0.6) is 0 Å². The Balaban J connectivity index is 2.20. The maximum Gasteiger partial charge on any atom is 0.354 e. The fraction of sp³-hybridized carbons (Fsp3) is 0.133. The Kier molecular flexibility index (Phi) is 2.75. The van der Waals surface area contributed by atoms with E-state index >= 15 is 0 Å². The van der Waals surface area contributed by atoms with Crippen molar-refractivity contribution in [2.75, 3.05) is 0 Å². The standard InChI is InChI=1S/C15H13N3O2/c1-9-4-3-5-11(6-9)12-8-14-16-13(15(19)20)7-10(2)18(14)17-12/h3-8H,1-2H3,(H,19,20). The molecular formula is C15H13N3O2. The largest absolute Gasteiger partial charge is 0.477 e. The van der Waals surface area contributed by atoms with E-state index in [0.717, 1.165) is 22.5 Å². The molecule has 5 heteroatoms. The van der Waals surface area contributed by atoms with Gasteiger partial charge < -0.3 is 5.11 Å². The van der Waals surface area contributed by atoms with Crippen molar-refractivity contribution in [3.8, 4) is 11.3 Å². The van der Waals surface area contributed by atoms with Gasteiger partial charge in [0.05, 0.1) is 5.69 Å². The van der Waals surface area contributed by atoms with Crippen LogP contribution < -0.4 is 0 Å². The molecule has 0 radical (unpaired) electrons. The van der Waals surface area contributed by atoms with Crippen molar-refractivity contribution in [3.05, 3.63) is 53.3 Å². The molecule has 2 heterocycles. The van der Waals surface area contributed by atoms with Crippen LogP contribution in [-0.4, -0.2) is 25.7 Å². The van der Waals surface area contributed by atoms with E-state index in [2.05, 4.69) is 10.1 Å². The molecular weight excluding hydrogens is 254 g/mol. The average Bonchev–Trinajstić information content (AvgIpc) is 2.83. The second-order valence-corrected chi connectivity index (χ2v) is 4.76. The fourth-order valence-corrected chi connectivity index (χ4v) is 2.18. The number of hydrogen-bond donors (Lipinski definition) is 1. The fourth-order valence-electron chi connectivity index (χ4n) is 2.18. The molecule has 0 spiro atoms. The van der Waals surface area contributed by atoms with Crippen LogP contribution in [-0.2, 0) is 0 Å². The molecule has 0 atom stereocenters. The third-order valence-electron chi connectivity index (χ3n) is 3.14. The zero-order valence-electron chi connectivity index (χ0n) is 11.2. The number of carbonyl (C=O) groups is 1. The van der Waals surface area contributed by atoms with E-state index in [1.165, 1.54) is 6.07 Å². The van der Waals surface area contributed by atoms with Gasteiger partial charge in [0.15, 0.2) is 11.3 Å². The maximum absolute atomic E-state index is 11.0. The molecule has 0 aliphatic rings. The molecule has 3 aromatic rings. The molecule has 20 heavy (non-hydrogen) atoms. The lowest BCUT2D eigenvalue weighted by atomic mass is 10.1. The van der Waals surface area contributed by atoms with Gasteiger partial charge in [0.1, 0.15) is 0 Å². The minimum absolute atomic E-state index is 0.0330.